The molecule has 2 aromatic rings. The van der Waals surface area contributed by atoms with Crippen LogP contribution in [0.2, 0.25) is 0 Å². The van der Waals surface area contributed by atoms with Gasteiger partial charge < -0.3 is 5.11 Å². The Kier molecular flexibility index (Phi) is 2.02. The van der Waals surface area contributed by atoms with E-state index in [4.69, 9.17) is 5.11 Å². The molecule has 0 fully saturated rings. The van der Waals surface area contributed by atoms with Crippen LogP contribution in [0, 0.1) is 5.82 Å². The van der Waals surface area contributed by atoms with Gasteiger partial charge in [-0.15, -0.1) is 0 Å². The van der Waals surface area contributed by atoms with Gasteiger partial charge >= 0.3 is 0 Å². The number of benzene rings is 1. The van der Waals surface area contributed by atoms with E-state index in [1.165, 1.54) is 6.07 Å². The number of hydrogen-bond donors (Lipinski definition) is 1. The van der Waals surface area contributed by atoms with E-state index in [0.29, 0.717) is 5.56 Å². The summed E-state index contributed by atoms with van der Waals surface area (Å²) in [6.07, 6.45) is 0. The van der Waals surface area contributed by atoms with Crippen LogP contribution in [0.1, 0.15) is 0 Å². The van der Waals surface area contributed by atoms with Gasteiger partial charge in [0.2, 0.25) is 0 Å². The molecule has 0 amide bonds. The van der Waals surface area contributed by atoms with E-state index < -0.39 is 5.82 Å². The monoisotopic (exact) mass is 194 g/mol. The first kappa shape index (κ1) is 8.26. The van der Waals surface area contributed by atoms with Gasteiger partial charge in [0.1, 0.15) is 11.6 Å². The van der Waals surface area contributed by atoms with Crippen molar-refractivity contribution in [2.75, 3.05) is 0 Å². The van der Waals surface area contributed by atoms with Gasteiger partial charge in [0.05, 0.1) is 0 Å². The number of phenols is 1. The molecule has 1 nitrogen and oxygen atoms in total. The molecule has 3 heteroatoms. The van der Waals surface area contributed by atoms with Crippen LogP contribution in [0.4, 0.5) is 4.39 Å². The fourth-order valence-corrected chi connectivity index (χ4v) is 1.83. The third kappa shape index (κ3) is 1.70. The van der Waals surface area contributed by atoms with Crippen LogP contribution in [-0.2, 0) is 0 Å². The van der Waals surface area contributed by atoms with Crippen molar-refractivity contribution in [2.24, 2.45) is 0 Å². The fraction of sp³-hybridized carbons (Fsp3) is 0. The molecule has 0 saturated heterocycles. The Bertz CT molecular complexity index is 389. The maximum Gasteiger partial charge on any atom is 0.127 e. The van der Waals surface area contributed by atoms with E-state index in [0.717, 1.165) is 11.6 Å². The van der Waals surface area contributed by atoms with Crippen molar-refractivity contribution in [2.45, 2.75) is 0 Å². The van der Waals surface area contributed by atoms with E-state index in [1.54, 1.807) is 17.4 Å². The molecule has 0 aliphatic heterocycles. The second-order valence-corrected chi connectivity index (χ2v) is 3.49. The number of thiophene rings is 1. The van der Waals surface area contributed by atoms with Gasteiger partial charge in [0.25, 0.3) is 0 Å². The van der Waals surface area contributed by atoms with E-state index >= 15 is 0 Å². The van der Waals surface area contributed by atoms with Crippen LogP contribution < -0.4 is 0 Å². The van der Waals surface area contributed by atoms with Gasteiger partial charge in [0.15, 0.2) is 0 Å². The topological polar surface area (TPSA) is 20.2 Å². The van der Waals surface area contributed by atoms with Crippen LogP contribution in [0.5, 0.6) is 5.75 Å². The maximum atomic E-state index is 12.9. The lowest BCUT2D eigenvalue weighted by Gasteiger charge is -1.99. The zero-order valence-corrected chi connectivity index (χ0v) is 7.51. The van der Waals surface area contributed by atoms with Gasteiger partial charge in [-0.2, -0.15) is 11.3 Å². The van der Waals surface area contributed by atoms with Gasteiger partial charge in [-0.3, -0.25) is 0 Å². The summed E-state index contributed by atoms with van der Waals surface area (Å²) >= 11 is 1.54. The summed E-state index contributed by atoms with van der Waals surface area (Å²) in [6, 6.07) is 5.93. The van der Waals surface area contributed by atoms with E-state index in [1.807, 2.05) is 16.8 Å². The molecule has 0 bridgehead atoms. The molecule has 0 unspecified atom stereocenters. The highest BCUT2D eigenvalue weighted by Gasteiger charge is 2.02. The Labute approximate surface area is 79.1 Å². The largest absolute Gasteiger partial charge is 0.508 e. The molecule has 1 N–H and O–H groups in total. The lowest BCUT2D eigenvalue weighted by molar-refractivity contribution is 0.469. The first-order valence-electron chi connectivity index (χ1n) is 3.78. The Hall–Kier alpha value is -1.35. The Balaban J connectivity index is 2.53. The van der Waals surface area contributed by atoms with Crippen LogP contribution in [0.3, 0.4) is 0 Å². The molecule has 0 aliphatic rings. The SMILES string of the molecule is Oc1cc(F)cc(-c2ccsc2)c1. The highest BCUT2D eigenvalue weighted by molar-refractivity contribution is 7.08. The number of halogens is 1. The highest BCUT2D eigenvalue weighted by atomic mass is 32.1. The molecule has 2 rings (SSSR count). The summed E-state index contributed by atoms with van der Waals surface area (Å²) in [7, 11) is 0. The summed E-state index contributed by atoms with van der Waals surface area (Å²) < 4.78 is 12.9. The van der Waals surface area contributed by atoms with E-state index in [9.17, 15) is 4.39 Å². The van der Waals surface area contributed by atoms with Crippen LogP contribution in [0.15, 0.2) is 35.0 Å². The zero-order chi connectivity index (χ0) is 9.26. The normalized spacial score (nSPS) is 10.2. The van der Waals surface area contributed by atoms with Crippen LogP contribution in [-0.4, -0.2) is 5.11 Å². The molecule has 0 saturated carbocycles. The third-order valence-corrected chi connectivity index (χ3v) is 2.42. The molecule has 1 aromatic heterocycles. The highest BCUT2D eigenvalue weighted by Crippen LogP contribution is 2.26. The molecule has 66 valence electrons. The molecular formula is C10H7FOS. The van der Waals surface area contributed by atoms with Gasteiger partial charge in [-0.25, -0.2) is 4.39 Å². The third-order valence-electron chi connectivity index (χ3n) is 1.74. The summed E-state index contributed by atoms with van der Waals surface area (Å²) in [5, 5.41) is 13.0. The minimum Gasteiger partial charge on any atom is -0.508 e. The molecule has 1 heterocycles. The van der Waals surface area contributed by atoms with E-state index in [2.05, 4.69) is 0 Å². The summed E-state index contributed by atoms with van der Waals surface area (Å²) in [6.45, 7) is 0. The lowest BCUT2D eigenvalue weighted by Crippen LogP contribution is -1.77. The van der Waals surface area contributed by atoms with Crippen molar-refractivity contribution in [1.29, 1.82) is 0 Å². The minimum absolute atomic E-state index is 0.0406. The lowest BCUT2D eigenvalue weighted by atomic mass is 10.1. The second-order valence-electron chi connectivity index (χ2n) is 2.71. The standard InChI is InChI=1S/C10H7FOS/c11-9-3-8(4-10(12)5-9)7-1-2-13-6-7/h1-6,12H. The predicted octanol–water partition coefficient (Wildman–Crippen LogP) is 3.26. The Morgan fingerprint density at radius 3 is 2.62 bits per heavy atom. The maximum absolute atomic E-state index is 12.9. The van der Waals surface area contributed by atoms with Crippen LogP contribution >= 0.6 is 11.3 Å². The molecule has 0 radical (unpaired) electrons. The van der Waals surface area contributed by atoms with Gasteiger partial charge in [0, 0.05) is 6.07 Å². The molecule has 0 atom stereocenters. The van der Waals surface area contributed by atoms with Gasteiger partial charge in [-0.1, -0.05) is 0 Å². The number of hydrogen-bond acceptors (Lipinski definition) is 2. The Morgan fingerprint density at radius 2 is 2.00 bits per heavy atom. The first-order valence-corrected chi connectivity index (χ1v) is 4.72. The predicted molar refractivity (Wildman–Crippen MR) is 51.4 cm³/mol. The zero-order valence-electron chi connectivity index (χ0n) is 6.70. The second kappa shape index (κ2) is 3.18. The Morgan fingerprint density at radius 1 is 1.15 bits per heavy atom. The van der Waals surface area contributed by atoms with Crippen molar-refractivity contribution in [3.05, 3.63) is 40.8 Å². The van der Waals surface area contributed by atoms with Crippen molar-refractivity contribution in [3.63, 3.8) is 0 Å². The van der Waals surface area contributed by atoms with Crippen molar-refractivity contribution in [3.8, 4) is 16.9 Å². The number of aromatic hydroxyl groups is 1. The number of phenolic OH excluding ortho intramolecular Hbond substituents is 1. The van der Waals surface area contributed by atoms with Gasteiger partial charge in [-0.05, 0) is 40.1 Å². The number of rotatable bonds is 1. The fourth-order valence-electron chi connectivity index (χ4n) is 1.17. The average Bonchev–Trinajstić information content (AvgIpc) is 2.53. The smallest absolute Gasteiger partial charge is 0.127 e. The van der Waals surface area contributed by atoms with Crippen molar-refractivity contribution < 1.29 is 9.50 Å². The first-order chi connectivity index (χ1) is 6.25. The summed E-state index contributed by atoms with van der Waals surface area (Å²) in [5.41, 5.74) is 1.64. The molecule has 0 spiro atoms. The molecule has 1 aromatic carbocycles. The quantitative estimate of drug-likeness (QED) is 0.738. The van der Waals surface area contributed by atoms with Crippen LogP contribution in [0.25, 0.3) is 11.1 Å². The molecule has 13 heavy (non-hydrogen) atoms. The van der Waals surface area contributed by atoms with Crippen molar-refractivity contribution in [1.82, 2.24) is 0 Å². The summed E-state index contributed by atoms with van der Waals surface area (Å²) in [5.74, 6) is -0.456. The van der Waals surface area contributed by atoms with E-state index in [-0.39, 0.29) is 5.75 Å². The average molecular weight is 194 g/mol. The molecular weight excluding hydrogens is 187 g/mol. The summed E-state index contributed by atoms with van der Waals surface area (Å²) in [4.78, 5) is 0. The molecule has 0 aliphatic carbocycles. The minimum atomic E-state index is -0.416. The van der Waals surface area contributed by atoms with Crippen molar-refractivity contribution >= 4 is 11.3 Å².